The zero-order valence-corrected chi connectivity index (χ0v) is 16.7. The molecule has 5 nitrogen and oxygen atoms in total. The molecule has 2 unspecified atom stereocenters. The number of likely N-dealkylation sites (tertiary alicyclic amines) is 1. The monoisotopic (exact) mass is 377 g/mol. The van der Waals surface area contributed by atoms with E-state index in [-0.39, 0.29) is 5.41 Å². The summed E-state index contributed by atoms with van der Waals surface area (Å²) < 4.78 is 0. The van der Waals surface area contributed by atoms with Gasteiger partial charge in [0.05, 0.1) is 6.17 Å². The Morgan fingerprint density at radius 2 is 1.89 bits per heavy atom. The van der Waals surface area contributed by atoms with E-state index >= 15 is 0 Å². The summed E-state index contributed by atoms with van der Waals surface area (Å²) >= 11 is 0. The number of nitrogens with zero attached hydrogens (tertiary/aromatic N) is 2. The minimum atomic E-state index is -0.535. The van der Waals surface area contributed by atoms with E-state index in [9.17, 15) is 9.59 Å². The fourth-order valence-corrected chi connectivity index (χ4v) is 4.89. The zero-order valence-electron chi connectivity index (χ0n) is 16.7. The van der Waals surface area contributed by atoms with Gasteiger partial charge in [-0.1, -0.05) is 37.3 Å². The lowest BCUT2D eigenvalue weighted by molar-refractivity contribution is -0.116. The summed E-state index contributed by atoms with van der Waals surface area (Å²) in [6.45, 7) is 3.74. The number of anilines is 1. The third-order valence-corrected chi connectivity index (χ3v) is 6.34. The first-order valence-electron chi connectivity index (χ1n) is 9.86. The Hall–Kier alpha value is -2.66. The standard InChI is InChI=1S/C23H27N3O2/c1-23-12-14-25(2)22(23)26(3)19-10-9-17(15-18(19)23)20(27)21(28)24-13-11-16-7-5-4-6-8-16/h4-10,15,22H,11-14H2,1-3H3,(H,24,28). The maximum absolute atomic E-state index is 12.7. The lowest BCUT2D eigenvalue weighted by atomic mass is 9.80. The van der Waals surface area contributed by atoms with Crippen LogP contribution in [-0.4, -0.2) is 49.9 Å². The molecule has 0 radical (unpaired) electrons. The van der Waals surface area contributed by atoms with Crippen LogP contribution >= 0.6 is 0 Å². The molecule has 5 heteroatoms. The van der Waals surface area contributed by atoms with Crippen LogP contribution in [0.1, 0.15) is 34.8 Å². The number of amides is 1. The van der Waals surface area contributed by atoms with Crippen LogP contribution in [0.3, 0.4) is 0 Å². The number of hydrogen-bond donors (Lipinski definition) is 1. The highest BCUT2D eigenvalue weighted by Crippen LogP contribution is 2.51. The van der Waals surface area contributed by atoms with Gasteiger partial charge in [-0.2, -0.15) is 0 Å². The predicted molar refractivity (Wildman–Crippen MR) is 111 cm³/mol. The number of benzene rings is 2. The van der Waals surface area contributed by atoms with Crippen molar-refractivity contribution in [3.63, 3.8) is 0 Å². The molecule has 28 heavy (non-hydrogen) atoms. The molecule has 0 spiro atoms. The molecule has 2 aliphatic rings. The largest absolute Gasteiger partial charge is 0.358 e. The third kappa shape index (κ3) is 3.00. The molecule has 146 valence electrons. The molecule has 0 saturated carbocycles. The average Bonchev–Trinajstić information content (AvgIpc) is 3.13. The Morgan fingerprint density at radius 1 is 1.14 bits per heavy atom. The van der Waals surface area contributed by atoms with E-state index in [1.165, 1.54) is 5.56 Å². The minimum absolute atomic E-state index is 0.0150. The predicted octanol–water partition coefficient (Wildman–Crippen LogP) is 2.60. The number of fused-ring (bicyclic) bond motifs is 3. The number of rotatable bonds is 5. The summed E-state index contributed by atoms with van der Waals surface area (Å²) in [5.74, 6) is -0.996. The van der Waals surface area contributed by atoms with Gasteiger partial charge < -0.3 is 10.2 Å². The van der Waals surface area contributed by atoms with Crippen LogP contribution < -0.4 is 10.2 Å². The molecule has 1 fully saturated rings. The molecule has 2 aliphatic heterocycles. The molecule has 2 heterocycles. The van der Waals surface area contributed by atoms with Crippen molar-refractivity contribution in [1.82, 2.24) is 10.2 Å². The first-order valence-corrected chi connectivity index (χ1v) is 9.86. The SMILES string of the molecule is CN1CCC2(C)c3cc(C(=O)C(=O)NCCc4ccccc4)ccc3N(C)C12. The fourth-order valence-electron chi connectivity index (χ4n) is 4.89. The highest BCUT2D eigenvalue weighted by atomic mass is 16.2. The van der Waals surface area contributed by atoms with E-state index in [4.69, 9.17) is 0 Å². The summed E-state index contributed by atoms with van der Waals surface area (Å²) in [5, 5.41) is 2.76. The van der Waals surface area contributed by atoms with Crippen LogP contribution in [0.25, 0.3) is 0 Å². The molecule has 1 N–H and O–H groups in total. The summed E-state index contributed by atoms with van der Waals surface area (Å²) in [6.07, 6.45) is 2.06. The van der Waals surface area contributed by atoms with Gasteiger partial charge in [0.25, 0.3) is 5.91 Å². The van der Waals surface area contributed by atoms with Gasteiger partial charge in [-0.05, 0) is 49.2 Å². The molecule has 2 aromatic carbocycles. The van der Waals surface area contributed by atoms with Gasteiger partial charge >= 0.3 is 0 Å². The van der Waals surface area contributed by atoms with Crippen molar-refractivity contribution in [1.29, 1.82) is 0 Å². The molecule has 1 amide bonds. The molecule has 0 aromatic heterocycles. The van der Waals surface area contributed by atoms with Gasteiger partial charge in [-0.25, -0.2) is 0 Å². The molecule has 0 aliphatic carbocycles. The molecule has 1 saturated heterocycles. The van der Waals surface area contributed by atoms with Gasteiger partial charge in [0, 0.05) is 36.8 Å². The van der Waals surface area contributed by atoms with Crippen molar-refractivity contribution >= 4 is 17.4 Å². The average molecular weight is 377 g/mol. The van der Waals surface area contributed by atoms with Crippen LogP contribution in [0.2, 0.25) is 0 Å². The zero-order chi connectivity index (χ0) is 19.9. The number of carbonyl (C=O) groups is 2. The lowest BCUT2D eigenvalue weighted by Crippen LogP contribution is -2.45. The van der Waals surface area contributed by atoms with E-state index in [1.807, 2.05) is 42.5 Å². The van der Waals surface area contributed by atoms with Crippen molar-refractivity contribution in [2.75, 3.05) is 32.1 Å². The third-order valence-electron chi connectivity index (χ3n) is 6.34. The molecular formula is C23H27N3O2. The number of carbonyl (C=O) groups excluding carboxylic acids is 2. The Balaban J connectivity index is 1.48. The first-order chi connectivity index (χ1) is 13.4. The second-order valence-corrected chi connectivity index (χ2v) is 8.19. The van der Waals surface area contributed by atoms with E-state index in [0.717, 1.165) is 24.2 Å². The second kappa shape index (κ2) is 7.06. The number of likely N-dealkylation sites (N-methyl/N-ethyl adjacent to an activating group) is 2. The quantitative estimate of drug-likeness (QED) is 0.643. The number of nitrogens with one attached hydrogen (secondary N) is 1. The van der Waals surface area contributed by atoms with Crippen LogP contribution in [-0.2, 0) is 16.6 Å². The van der Waals surface area contributed by atoms with Gasteiger partial charge in [0.1, 0.15) is 0 Å². The Labute approximate surface area is 166 Å². The second-order valence-electron chi connectivity index (χ2n) is 8.19. The van der Waals surface area contributed by atoms with E-state index in [1.54, 1.807) is 6.07 Å². The van der Waals surface area contributed by atoms with E-state index in [0.29, 0.717) is 24.7 Å². The summed E-state index contributed by atoms with van der Waals surface area (Å²) in [5.41, 5.74) is 3.92. The molecule has 2 atom stereocenters. The van der Waals surface area contributed by atoms with Gasteiger partial charge in [0.2, 0.25) is 5.78 Å². The van der Waals surface area contributed by atoms with Crippen molar-refractivity contribution in [3.05, 3.63) is 65.2 Å². The van der Waals surface area contributed by atoms with Crippen molar-refractivity contribution in [2.45, 2.75) is 31.3 Å². The number of hydrogen-bond acceptors (Lipinski definition) is 4. The number of Topliss-reactive ketones (excluding diaryl/α,β-unsaturated/α-hetero) is 1. The molecule has 4 rings (SSSR count). The topological polar surface area (TPSA) is 52.7 Å². The molecular weight excluding hydrogens is 350 g/mol. The Kier molecular flexibility index (Phi) is 4.71. The van der Waals surface area contributed by atoms with Crippen LogP contribution in [0, 0.1) is 0 Å². The van der Waals surface area contributed by atoms with E-state index in [2.05, 4.69) is 36.1 Å². The summed E-state index contributed by atoms with van der Waals surface area (Å²) in [7, 11) is 4.25. The lowest BCUT2D eigenvalue weighted by Gasteiger charge is -2.32. The minimum Gasteiger partial charge on any atom is -0.358 e. The van der Waals surface area contributed by atoms with Crippen molar-refractivity contribution in [3.8, 4) is 0 Å². The summed E-state index contributed by atoms with van der Waals surface area (Å²) in [4.78, 5) is 29.7. The fraction of sp³-hybridized carbons (Fsp3) is 0.391. The van der Waals surface area contributed by atoms with Crippen LogP contribution in [0.5, 0.6) is 0 Å². The van der Waals surface area contributed by atoms with Crippen LogP contribution in [0.15, 0.2) is 48.5 Å². The first kappa shape index (κ1) is 18.7. The maximum Gasteiger partial charge on any atom is 0.292 e. The van der Waals surface area contributed by atoms with Gasteiger partial charge in [0.15, 0.2) is 0 Å². The highest BCUT2D eigenvalue weighted by molar-refractivity contribution is 6.42. The Morgan fingerprint density at radius 3 is 2.64 bits per heavy atom. The van der Waals surface area contributed by atoms with Crippen molar-refractivity contribution in [2.24, 2.45) is 0 Å². The number of ketones is 1. The molecule has 2 aromatic rings. The molecule has 0 bridgehead atoms. The van der Waals surface area contributed by atoms with E-state index < -0.39 is 11.7 Å². The Bertz CT molecular complexity index is 911. The van der Waals surface area contributed by atoms with Crippen LogP contribution in [0.4, 0.5) is 5.69 Å². The maximum atomic E-state index is 12.7. The summed E-state index contributed by atoms with van der Waals surface area (Å²) in [6, 6.07) is 15.6. The smallest absolute Gasteiger partial charge is 0.292 e. The highest BCUT2D eigenvalue weighted by Gasteiger charge is 2.52. The van der Waals surface area contributed by atoms with Gasteiger partial charge in [-0.15, -0.1) is 0 Å². The van der Waals surface area contributed by atoms with Crippen molar-refractivity contribution < 1.29 is 9.59 Å². The van der Waals surface area contributed by atoms with Gasteiger partial charge in [-0.3, -0.25) is 14.5 Å². The normalized spacial score (nSPS) is 23.4.